The molecule has 5 nitrogen and oxygen atoms in total. The molecule has 0 N–H and O–H groups in total. The third-order valence-corrected chi connectivity index (χ3v) is 4.96. The fraction of sp³-hybridized carbons (Fsp3) is 0.235. The molecule has 124 valence electrons. The third kappa shape index (κ3) is 5.09. The summed E-state index contributed by atoms with van der Waals surface area (Å²) in [5, 5.41) is 17.7. The minimum atomic E-state index is -0.424. The molecule has 1 aliphatic rings. The maximum absolute atomic E-state index is 12.4. The Morgan fingerprint density at radius 2 is 1.96 bits per heavy atom. The third-order valence-electron chi connectivity index (χ3n) is 2.83. The zero-order chi connectivity index (χ0) is 17.9. The predicted octanol–water partition coefficient (Wildman–Crippen LogP) is 3.69. The lowest BCUT2D eigenvalue weighted by Crippen LogP contribution is -2.25. The van der Waals surface area contributed by atoms with Crippen LogP contribution in [0.4, 0.5) is 0 Å². The number of thioether (sulfide) groups is 2. The molecule has 1 heterocycles. The van der Waals surface area contributed by atoms with Crippen LogP contribution in [-0.4, -0.2) is 30.0 Å². The van der Waals surface area contributed by atoms with Gasteiger partial charge in [-0.3, -0.25) is 0 Å². The maximum atomic E-state index is 12.4. The minimum absolute atomic E-state index is 0.0120. The van der Waals surface area contributed by atoms with E-state index in [1.807, 2.05) is 18.6 Å². The Morgan fingerprint density at radius 1 is 1.29 bits per heavy atom. The number of hydrogen-bond acceptors (Lipinski definition) is 7. The normalized spacial score (nSPS) is 13.9. The topological polar surface area (TPSA) is 77.1 Å². The molecule has 7 heteroatoms. The maximum Gasteiger partial charge on any atom is 0.357 e. The summed E-state index contributed by atoms with van der Waals surface area (Å²) in [5.41, 5.74) is 1.05. The van der Waals surface area contributed by atoms with Crippen molar-refractivity contribution in [1.29, 1.82) is 10.5 Å². The van der Waals surface area contributed by atoms with Crippen LogP contribution in [0, 0.1) is 22.7 Å². The lowest BCUT2D eigenvalue weighted by molar-refractivity contribution is -0.139. The second kappa shape index (κ2) is 10.4. The van der Waals surface area contributed by atoms with E-state index in [1.54, 1.807) is 48.4 Å². The van der Waals surface area contributed by atoms with Crippen molar-refractivity contribution in [2.24, 2.45) is 0 Å². The molecule has 0 aromatic carbocycles. The van der Waals surface area contributed by atoms with Gasteiger partial charge in [0.25, 0.3) is 0 Å². The molecular formula is C17H17N3O2S2. The van der Waals surface area contributed by atoms with Crippen LogP contribution in [0.2, 0.25) is 0 Å². The average molecular weight is 359 g/mol. The first-order valence-corrected chi connectivity index (χ1v) is 9.43. The quantitative estimate of drug-likeness (QED) is 0.406. The van der Waals surface area contributed by atoms with Gasteiger partial charge in [0.2, 0.25) is 0 Å². The average Bonchev–Trinajstić information content (AvgIpc) is 2.61. The highest BCUT2D eigenvalue weighted by molar-refractivity contribution is 8.21. The van der Waals surface area contributed by atoms with Gasteiger partial charge in [0.1, 0.15) is 17.7 Å². The van der Waals surface area contributed by atoms with Crippen LogP contribution in [-0.2, 0) is 9.53 Å². The molecule has 0 unspecified atom stereocenters. The lowest BCUT2D eigenvalue weighted by Gasteiger charge is -2.26. The van der Waals surface area contributed by atoms with E-state index in [0.717, 1.165) is 4.24 Å². The Morgan fingerprint density at radius 3 is 2.50 bits per heavy atom. The smallest absolute Gasteiger partial charge is 0.357 e. The van der Waals surface area contributed by atoms with Crippen LogP contribution >= 0.6 is 23.5 Å². The second-order valence-corrected chi connectivity index (χ2v) is 6.12. The minimum Gasteiger partial charge on any atom is -0.461 e. The van der Waals surface area contributed by atoms with Crippen molar-refractivity contribution >= 4 is 29.5 Å². The standard InChI is InChI=1S/C17H17N3O2S2/c1-4-22-16(21)15(17(23-2)24-3)20-10-6-5-7-14(20)9-8-13(11-18)12-19/h5-10H,4H2,1-3H3. The van der Waals surface area contributed by atoms with E-state index in [4.69, 9.17) is 15.3 Å². The Hall–Kier alpha value is -2.35. The van der Waals surface area contributed by atoms with E-state index in [0.29, 0.717) is 11.4 Å². The zero-order valence-electron chi connectivity index (χ0n) is 13.6. The lowest BCUT2D eigenvalue weighted by atomic mass is 10.2. The molecule has 0 bridgehead atoms. The molecule has 0 saturated heterocycles. The number of carbonyl (C=O) groups excluding carboxylic acids is 1. The van der Waals surface area contributed by atoms with E-state index >= 15 is 0 Å². The van der Waals surface area contributed by atoms with E-state index < -0.39 is 5.97 Å². The molecule has 0 atom stereocenters. The number of nitriles is 2. The molecule has 1 rings (SSSR count). The van der Waals surface area contributed by atoms with Gasteiger partial charge in [-0.25, -0.2) is 4.79 Å². The van der Waals surface area contributed by atoms with Gasteiger partial charge in [0.15, 0.2) is 5.70 Å². The van der Waals surface area contributed by atoms with Crippen molar-refractivity contribution < 1.29 is 9.53 Å². The molecule has 0 spiro atoms. The highest BCUT2D eigenvalue weighted by Crippen LogP contribution is 2.33. The highest BCUT2D eigenvalue weighted by atomic mass is 32.2. The summed E-state index contributed by atoms with van der Waals surface area (Å²) in [4.78, 5) is 14.1. The molecule has 0 radical (unpaired) electrons. The van der Waals surface area contributed by atoms with Crippen LogP contribution in [0.3, 0.4) is 0 Å². The van der Waals surface area contributed by atoms with E-state index in [-0.39, 0.29) is 12.2 Å². The Kier molecular flexibility index (Phi) is 8.56. The van der Waals surface area contributed by atoms with Gasteiger partial charge in [0, 0.05) is 11.9 Å². The summed E-state index contributed by atoms with van der Waals surface area (Å²) < 4.78 is 6.00. The van der Waals surface area contributed by atoms with Crippen LogP contribution < -0.4 is 0 Å². The number of nitrogens with zero attached hydrogens (tertiary/aromatic N) is 3. The van der Waals surface area contributed by atoms with Gasteiger partial charge in [0.05, 0.1) is 10.8 Å². The summed E-state index contributed by atoms with van der Waals surface area (Å²) in [6.45, 7) is 2.03. The molecule has 0 amide bonds. The largest absolute Gasteiger partial charge is 0.461 e. The molecule has 24 heavy (non-hydrogen) atoms. The number of carbonyl (C=O) groups is 1. The van der Waals surface area contributed by atoms with Crippen molar-refractivity contribution in [1.82, 2.24) is 4.90 Å². The van der Waals surface area contributed by atoms with E-state index in [1.165, 1.54) is 29.6 Å². The summed E-state index contributed by atoms with van der Waals surface area (Å²) in [6, 6.07) is 3.61. The van der Waals surface area contributed by atoms with Crippen LogP contribution in [0.25, 0.3) is 0 Å². The van der Waals surface area contributed by atoms with Gasteiger partial charge in [-0.2, -0.15) is 10.5 Å². The molecule has 0 aromatic heterocycles. The van der Waals surface area contributed by atoms with Gasteiger partial charge < -0.3 is 9.64 Å². The first-order valence-electron chi connectivity index (χ1n) is 6.98. The van der Waals surface area contributed by atoms with Crippen molar-refractivity contribution in [3.05, 3.63) is 57.8 Å². The second-order valence-electron chi connectivity index (χ2n) is 4.23. The van der Waals surface area contributed by atoms with Gasteiger partial charge in [-0.05, 0) is 43.7 Å². The first-order chi connectivity index (χ1) is 11.6. The fourth-order valence-electron chi connectivity index (χ4n) is 1.82. The Balaban J connectivity index is 3.40. The van der Waals surface area contributed by atoms with Gasteiger partial charge in [-0.15, -0.1) is 23.5 Å². The SMILES string of the molecule is CCOC(=O)C(=C(SC)SC)N1C=CC=CC1=CC=C(C#N)C#N. The van der Waals surface area contributed by atoms with Crippen molar-refractivity contribution in [2.45, 2.75) is 6.92 Å². The summed E-state index contributed by atoms with van der Waals surface area (Å²) in [5.74, 6) is -0.424. The molecule has 0 saturated carbocycles. The highest BCUT2D eigenvalue weighted by Gasteiger charge is 2.24. The Bertz CT molecular complexity index is 697. The fourth-order valence-corrected chi connectivity index (χ4v) is 3.24. The summed E-state index contributed by atoms with van der Waals surface area (Å²) >= 11 is 2.91. The monoisotopic (exact) mass is 359 g/mol. The van der Waals surface area contributed by atoms with Gasteiger partial charge in [-0.1, -0.05) is 6.08 Å². The number of esters is 1. The zero-order valence-corrected chi connectivity index (χ0v) is 15.3. The number of hydrogen-bond donors (Lipinski definition) is 0. The van der Waals surface area contributed by atoms with Gasteiger partial charge >= 0.3 is 5.97 Å². The number of ether oxygens (including phenoxy) is 1. The van der Waals surface area contributed by atoms with Crippen LogP contribution in [0.1, 0.15) is 6.92 Å². The molecule has 0 aliphatic carbocycles. The van der Waals surface area contributed by atoms with Crippen molar-refractivity contribution in [3.63, 3.8) is 0 Å². The first kappa shape index (κ1) is 19.7. The molecule has 0 aromatic rings. The number of rotatable bonds is 6. The number of allylic oxidation sites excluding steroid dienone is 6. The van der Waals surface area contributed by atoms with E-state index in [2.05, 4.69) is 0 Å². The molecule has 1 aliphatic heterocycles. The Labute approximate surface area is 150 Å². The summed E-state index contributed by atoms with van der Waals surface area (Å²) in [6.07, 6.45) is 14.0. The predicted molar refractivity (Wildman–Crippen MR) is 98.2 cm³/mol. The van der Waals surface area contributed by atoms with Crippen molar-refractivity contribution in [2.75, 3.05) is 19.1 Å². The summed E-state index contributed by atoms with van der Waals surface area (Å²) in [7, 11) is 0. The van der Waals surface area contributed by atoms with Crippen LogP contribution in [0.15, 0.2) is 57.8 Å². The molecular weight excluding hydrogens is 342 g/mol. The molecule has 0 fully saturated rings. The van der Waals surface area contributed by atoms with E-state index in [9.17, 15) is 4.79 Å². The van der Waals surface area contributed by atoms with Crippen LogP contribution in [0.5, 0.6) is 0 Å². The van der Waals surface area contributed by atoms with Crippen molar-refractivity contribution in [3.8, 4) is 12.1 Å².